The van der Waals surface area contributed by atoms with Crippen molar-refractivity contribution in [1.82, 2.24) is 5.32 Å². The molecule has 1 aromatic carbocycles. The van der Waals surface area contributed by atoms with Crippen molar-refractivity contribution in [3.8, 4) is 0 Å². The SMILES string of the molecule is CCc1ccccc1N1C(C)(C)CCNCC1(C)C. The Morgan fingerprint density at radius 1 is 1.11 bits per heavy atom. The average Bonchev–Trinajstić information content (AvgIpc) is 2.45. The zero-order valence-electron chi connectivity index (χ0n) is 13.1. The topological polar surface area (TPSA) is 15.3 Å². The summed E-state index contributed by atoms with van der Waals surface area (Å²) in [6, 6.07) is 8.87. The van der Waals surface area contributed by atoms with Gasteiger partial charge in [-0.15, -0.1) is 0 Å². The summed E-state index contributed by atoms with van der Waals surface area (Å²) >= 11 is 0. The molecule has 1 N–H and O–H groups in total. The van der Waals surface area contributed by atoms with Gasteiger partial charge in [0.15, 0.2) is 0 Å². The first-order chi connectivity index (χ1) is 8.88. The summed E-state index contributed by atoms with van der Waals surface area (Å²) in [5.74, 6) is 0. The lowest BCUT2D eigenvalue weighted by Gasteiger charge is -2.49. The molecule has 0 unspecified atom stereocenters. The van der Waals surface area contributed by atoms with Gasteiger partial charge in [0.25, 0.3) is 0 Å². The first-order valence-corrected chi connectivity index (χ1v) is 7.47. The largest absolute Gasteiger partial charge is 0.360 e. The molecule has 0 atom stereocenters. The summed E-state index contributed by atoms with van der Waals surface area (Å²) in [7, 11) is 0. The second-order valence-corrected chi connectivity index (χ2v) is 6.87. The lowest BCUT2D eigenvalue weighted by molar-refractivity contribution is 0.356. The van der Waals surface area contributed by atoms with E-state index in [4.69, 9.17) is 0 Å². The molecule has 1 aliphatic heterocycles. The normalized spacial score (nSPS) is 22.1. The third kappa shape index (κ3) is 2.79. The minimum absolute atomic E-state index is 0.130. The van der Waals surface area contributed by atoms with E-state index >= 15 is 0 Å². The quantitative estimate of drug-likeness (QED) is 0.874. The number of benzene rings is 1. The Hall–Kier alpha value is -1.02. The molecule has 0 amide bonds. The minimum Gasteiger partial charge on any atom is -0.360 e. The molecule has 1 aliphatic rings. The molecule has 0 saturated carbocycles. The van der Waals surface area contributed by atoms with Crippen LogP contribution in [0.1, 0.15) is 46.6 Å². The molecule has 2 rings (SSSR count). The number of nitrogens with zero attached hydrogens (tertiary/aromatic N) is 1. The molecule has 0 spiro atoms. The summed E-state index contributed by atoms with van der Waals surface area (Å²) in [5, 5.41) is 3.59. The van der Waals surface area contributed by atoms with Gasteiger partial charge in [0.1, 0.15) is 0 Å². The van der Waals surface area contributed by atoms with Gasteiger partial charge in [-0.25, -0.2) is 0 Å². The number of anilines is 1. The summed E-state index contributed by atoms with van der Waals surface area (Å²) in [6.45, 7) is 13.8. The van der Waals surface area contributed by atoms with Crippen LogP contribution in [0.2, 0.25) is 0 Å². The fourth-order valence-electron chi connectivity index (χ4n) is 3.48. The van der Waals surface area contributed by atoms with E-state index in [1.807, 2.05) is 0 Å². The van der Waals surface area contributed by atoms with Gasteiger partial charge < -0.3 is 10.2 Å². The number of aryl methyl sites for hydroxylation is 1. The molecule has 1 saturated heterocycles. The maximum atomic E-state index is 3.59. The predicted octanol–water partition coefficient (Wildman–Crippen LogP) is 3.61. The number of rotatable bonds is 2. The van der Waals surface area contributed by atoms with E-state index < -0.39 is 0 Å². The van der Waals surface area contributed by atoms with E-state index in [0.717, 1.165) is 19.5 Å². The summed E-state index contributed by atoms with van der Waals surface area (Å²) in [6.07, 6.45) is 2.26. The standard InChI is InChI=1S/C17H28N2/c1-6-14-9-7-8-10-15(14)19-16(2,3)11-12-18-13-17(19,4)5/h7-10,18H,6,11-13H2,1-5H3. The zero-order valence-corrected chi connectivity index (χ0v) is 13.1. The Balaban J connectivity index is 2.53. The lowest BCUT2D eigenvalue weighted by atomic mass is 9.89. The van der Waals surface area contributed by atoms with Gasteiger partial charge in [-0.1, -0.05) is 25.1 Å². The van der Waals surface area contributed by atoms with Crippen LogP contribution in [0, 0.1) is 0 Å². The summed E-state index contributed by atoms with van der Waals surface area (Å²) in [5.41, 5.74) is 3.16. The molecule has 1 heterocycles. The van der Waals surface area contributed by atoms with Gasteiger partial charge in [0.2, 0.25) is 0 Å². The molecule has 0 bridgehead atoms. The summed E-state index contributed by atoms with van der Waals surface area (Å²) < 4.78 is 0. The Bertz CT molecular complexity index is 417. The smallest absolute Gasteiger partial charge is 0.0475 e. The maximum absolute atomic E-state index is 3.59. The van der Waals surface area contributed by atoms with Gasteiger partial charge in [-0.05, 0) is 58.7 Å². The maximum Gasteiger partial charge on any atom is 0.0475 e. The van der Waals surface area contributed by atoms with Crippen LogP contribution in [-0.4, -0.2) is 24.2 Å². The number of hydrogen-bond acceptors (Lipinski definition) is 2. The second-order valence-electron chi connectivity index (χ2n) is 6.87. The van der Waals surface area contributed by atoms with Crippen LogP contribution in [-0.2, 0) is 6.42 Å². The Morgan fingerprint density at radius 3 is 2.47 bits per heavy atom. The van der Waals surface area contributed by atoms with Crippen LogP contribution in [0.15, 0.2) is 24.3 Å². The number of hydrogen-bond donors (Lipinski definition) is 1. The van der Waals surface area contributed by atoms with Gasteiger partial charge >= 0.3 is 0 Å². The van der Waals surface area contributed by atoms with E-state index in [9.17, 15) is 0 Å². The molecule has 106 valence electrons. The highest BCUT2D eigenvalue weighted by Crippen LogP contribution is 2.37. The van der Waals surface area contributed by atoms with Gasteiger partial charge in [0.05, 0.1) is 0 Å². The molecule has 1 aromatic rings. The van der Waals surface area contributed by atoms with Crippen molar-refractivity contribution in [3.63, 3.8) is 0 Å². The van der Waals surface area contributed by atoms with Crippen molar-refractivity contribution >= 4 is 5.69 Å². The van der Waals surface area contributed by atoms with Crippen LogP contribution >= 0.6 is 0 Å². The van der Waals surface area contributed by atoms with Gasteiger partial charge in [0, 0.05) is 23.3 Å². The fraction of sp³-hybridized carbons (Fsp3) is 0.647. The van der Waals surface area contributed by atoms with E-state index in [1.165, 1.54) is 17.7 Å². The number of para-hydroxylation sites is 1. The molecule has 1 fully saturated rings. The molecule has 0 aliphatic carbocycles. The highest BCUT2D eigenvalue weighted by Gasteiger charge is 2.40. The average molecular weight is 260 g/mol. The van der Waals surface area contributed by atoms with Gasteiger partial charge in [-0.2, -0.15) is 0 Å². The van der Waals surface area contributed by atoms with Gasteiger partial charge in [-0.3, -0.25) is 0 Å². The van der Waals surface area contributed by atoms with Crippen molar-refractivity contribution in [1.29, 1.82) is 0 Å². The predicted molar refractivity (Wildman–Crippen MR) is 83.9 cm³/mol. The first kappa shape index (κ1) is 14.4. The highest BCUT2D eigenvalue weighted by molar-refractivity contribution is 5.58. The number of nitrogens with one attached hydrogen (secondary N) is 1. The van der Waals surface area contributed by atoms with E-state index in [0.29, 0.717) is 0 Å². The first-order valence-electron chi connectivity index (χ1n) is 7.47. The highest BCUT2D eigenvalue weighted by atomic mass is 15.3. The molecule has 0 aromatic heterocycles. The molecular weight excluding hydrogens is 232 g/mol. The fourth-order valence-corrected chi connectivity index (χ4v) is 3.48. The van der Waals surface area contributed by atoms with Crippen LogP contribution in [0.5, 0.6) is 0 Å². The van der Waals surface area contributed by atoms with E-state index in [-0.39, 0.29) is 11.1 Å². The Labute approximate surface area is 118 Å². The zero-order chi connectivity index (χ0) is 14.1. The lowest BCUT2D eigenvalue weighted by Crippen LogP contribution is -2.57. The van der Waals surface area contributed by atoms with E-state index in [2.05, 4.69) is 69.1 Å². The van der Waals surface area contributed by atoms with Crippen molar-refractivity contribution in [3.05, 3.63) is 29.8 Å². The summed E-state index contributed by atoms with van der Waals surface area (Å²) in [4.78, 5) is 2.64. The minimum atomic E-state index is 0.130. The van der Waals surface area contributed by atoms with Crippen LogP contribution in [0.4, 0.5) is 5.69 Å². The molecular formula is C17H28N2. The Kier molecular flexibility index (Phi) is 3.91. The monoisotopic (exact) mass is 260 g/mol. The van der Waals surface area contributed by atoms with Crippen molar-refractivity contribution in [2.24, 2.45) is 0 Å². The molecule has 2 heteroatoms. The third-order valence-corrected chi connectivity index (χ3v) is 4.30. The second kappa shape index (κ2) is 5.16. The van der Waals surface area contributed by atoms with Crippen LogP contribution < -0.4 is 10.2 Å². The van der Waals surface area contributed by atoms with Crippen molar-refractivity contribution in [2.75, 3.05) is 18.0 Å². The van der Waals surface area contributed by atoms with E-state index in [1.54, 1.807) is 0 Å². The molecule has 0 radical (unpaired) electrons. The van der Waals surface area contributed by atoms with Crippen LogP contribution in [0.3, 0.4) is 0 Å². The van der Waals surface area contributed by atoms with Crippen molar-refractivity contribution in [2.45, 2.75) is 58.5 Å². The third-order valence-electron chi connectivity index (χ3n) is 4.30. The molecule has 19 heavy (non-hydrogen) atoms. The van der Waals surface area contributed by atoms with Crippen LogP contribution in [0.25, 0.3) is 0 Å². The van der Waals surface area contributed by atoms with Crippen molar-refractivity contribution < 1.29 is 0 Å². The molecule has 2 nitrogen and oxygen atoms in total. The Morgan fingerprint density at radius 2 is 1.79 bits per heavy atom.